The third-order valence-corrected chi connectivity index (χ3v) is 15.6. The molecule has 0 saturated carbocycles. The van der Waals surface area contributed by atoms with Crippen molar-refractivity contribution in [1.29, 1.82) is 0 Å². The van der Waals surface area contributed by atoms with Gasteiger partial charge in [-0.3, -0.25) is 0 Å². The van der Waals surface area contributed by atoms with Crippen LogP contribution in [0.1, 0.15) is 213 Å². The number of nitrogens with zero attached hydrogens (tertiary/aromatic N) is 1. The molecule has 0 amide bonds. The van der Waals surface area contributed by atoms with Crippen LogP contribution < -0.4 is 21.9 Å². The van der Waals surface area contributed by atoms with Crippen molar-refractivity contribution in [1.82, 2.24) is 0 Å². The van der Waals surface area contributed by atoms with Crippen LogP contribution in [0.2, 0.25) is 20.1 Å². The molecule has 0 atom stereocenters. The number of benzene rings is 4. The molecule has 0 N–H and O–H groups in total. The molecule has 0 aromatic heterocycles. The average molecular weight is 994 g/mol. The first kappa shape index (κ1) is 59.4. The van der Waals surface area contributed by atoms with Gasteiger partial charge in [0.1, 0.15) is 6.15 Å². The summed E-state index contributed by atoms with van der Waals surface area (Å²) >= 11 is 24.9. The molecule has 4 aromatic rings. The Morgan fingerprint density at radius 2 is 0.433 bits per heavy atom. The molecule has 1 nitrogen and oxygen atoms in total. The zero-order valence-corrected chi connectivity index (χ0v) is 46.1. The van der Waals surface area contributed by atoms with Crippen molar-refractivity contribution in [2.24, 2.45) is 0 Å². The largest absolute Gasteiger partial charge is 0.326 e. The summed E-state index contributed by atoms with van der Waals surface area (Å²) in [6.45, 7) is 11.3. The number of unbranched alkanes of at least 4 members (excludes halogenated alkanes) is 27. The maximum Gasteiger partial charge on any atom is 0.108 e. The summed E-state index contributed by atoms with van der Waals surface area (Å²) in [5.74, 6) is 0. The zero-order valence-electron chi connectivity index (χ0n) is 43.1. The van der Waals surface area contributed by atoms with Crippen molar-refractivity contribution in [2.45, 2.75) is 213 Å². The molecular formula is C61H94BCl4N. The third-order valence-electron chi connectivity index (χ3n) is 14.6. The average Bonchev–Trinajstić information content (AvgIpc) is 3.33. The Hall–Kier alpha value is -1.94. The topological polar surface area (TPSA) is 0 Å². The Balaban J connectivity index is 0.000000365. The molecule has 4 rings (SSSR count). The van der Waals surface area contributed by atoms with E-state index in [1.54, 1.807) is 0 Å². The fourth-order valence-electron chi connectivity index (χ4n) is 10.4. The molecule has 0 spiro atoms. The van der Waals surface area contributed by atoms with Gasteiger partial charge in [-0.05, 0) is 87.1 Å². The highest BCUT2D eigenvalue weighted by atomic mass is 35.5. The van der Waals surface area contributed by atoms with Gasteiger partial charge in [0.2, 0.25) is 0 Å². The second-order valence-electron chi connectivity index (χ2n) is 20.4. The lowest BCUT2D eigenvalue weighted by Gasteiger charge is -2.44. The van der Waals surface area contributed by atoms with E-state index in [0.717, 1.165) is 21.9 Å². The van der Waals surface area contributed by atoms with Crippen molar-refractivity contribution in [3.63, 3.8) is 0 Å². The van der Waals surface area contributed by atoms with Gasteiger partial charge < -0.3 is 4.48 Å². The molecule has 0 unspecified atom stereocenters. The quantitative estimate of drug-likeness (QED) is 0.0240. The minimum Gasteiger partial charge on any atom is -0.326 e. The lowest BCUT2D eigenvalue weighted by atomic mass is 9.13. The van der Waals surface area contributed by atoms with E-state index < -0.39 is 6.15 Å². The monoisotopic (exact) mass is 992 g/mol. The smallest absolute Gasteiger partial charge is 0.108 e. The number of hydrogen-bond acceptors (Lipinski definition) is 0. The van der Waals surface area contributed by atoms with E-state index in [4.69, 9.17) is 46.4 Å². The van der Waals surface area contributed by atoms with Gasteiger partial charge in [0.05, 0.1) is 26.7 Å². The SMILES string of the molecule is CCCCCCCCCCCC[N+](C)(CCCCCCCCCCCC)CCCCCCCCCCCC.Clc1ccc([B-](c2ccc(Cl)cc2)(c2ccc(Cl)cc2)c2ccc(Cl)cc2)cc1. The van der Waals surface area contributed by atoms with Crippen molar-refractivity contribution in [3.8, 4) is 0 Å². The predicted molar refractivity (Wildman–Crippen MR) is 306 cm³/mol. The Morgan fingerprint density at radius 3 is 0.612 bits per heavy atom. The van der Waals surface area contributed by atoms with Crippen LogP contribution in [-0.2, 0) is 0 Å². The molecule has 0 aliphatic carbocycles. The highest BCUT2D eigenvalue weighted by Gasteiger charge is 2.32. The molecule has 0 radical (unpaired) electrons. The van der Waals surface area contributed by atoms with Gasteiger partial charge in [-0.1, -0.05) is 270 Å². The molecular weight excluding hydrogens is 899 g/mol. The Labute approximate surface area is 433 Å². The van der Waals surface area contributed by atoms with E-state index in [1.807, 2.05) is 48.5 Å². The minimum absolute atomic E-state index is 0.696. The van der Waals surface area contributed by atoms with E-state index in [0.29, 0.717) is 20.1 Å². The van der Waals surface area contributed by atoms with E-state index in [1.165, 1.54) is 217 Å². The molecule has 0 aliphatic heterocycles. The number of rotatable bonds is 37. The first-order valence-electron chi connectivity index (χ1n) is 27.7. The fourth-order valence-corrected chi connectivity index (χ4v) is 10.9. The van der Waals surface area contributed by atoms with E-state index >= 15 is 0 Å². The second-order valence-corrected chi connectivity index (χ2v) is 22.2. The van der Waals surface area contributed by atoms with Gasteiger partial charge >= 0.3 is 0 Å². The highest BCUT2D eigenvalue weighted by Crippen LogP contribution is 2.20. The predicted octanol–water partition coefficient (Wildman–Crippen LogP) is 18.9. The Kier molecular flexibility index (Phi) is 32.7. The van der Waals surface area contributed by atoms with Crippen LogP contribution in [0, 0.1) is 0 Å². The highest BCUT2D eigenvalue weighted by molar-refractivity contribution is 7.19. The Bertz CT molecular complexity index is 1510. The second kappa shape index (κ2) is 36.9. The molecule has 0 fully saturated rings. The molecule has 0 aliphatic rings. The van der Waals surface area contributed by atoms with Crippen molar-refractivity contribution in [2.75, 3.05) is 26.7 Å². The van der Waals surface area contributed by atoms with Crippen LogP contribution >= 0.6 is 46.4 Å². The summed E-state index contributed by atoms with van der Waals surface area (Å²) in [6.07, 6.45) is 42.3. The summed E-state index contributed by atoms with van der Waals surface area (Å²) in [6, 6.07) is 32.1. The summed E-state index contributed by atoms with van der Waals surface area (Å²) < 4.78 is 1.37. The Morgan fingerprint density at radius 1 is 0.269 bits per heavy atom. The van der Waals surface area contributed by atoms with Crippen LogP contribution in [0.3, 0.4) is 0 Å². The van der Waals surface area contributed by atoms with Crippen molar-refractivity contribution < 1.29 is 4.48 Å². The standard InChI is InChI=1S/C37H78N.C24H16BCl4/c1-5-8-11-14-17-20-23-26-29-32-35-38(4,36-33-30-27-24-21-18-15-12-9-6-2)37-34-31-28-25-22-19-16-13-10-7-3;26-21-9-1-17(2-10-21)25(18-3-11-22(27)12-4-18,19-5-13-23(28)14-6-19)20-7-15-24(29)16-8-20/h5-37H2,1-4H3;1-16H/q+1;-1. The number of quaternary nitrogens is 1. The summed E-state index contributed by atoms with van der Waals surface area (Å²) in [5, 5.41) is 2.78. The van der Waals surface area contributed by atoms with Crippen LogP contribution in [-0.4, -0.2) is 37.3 Å². The van der Waals surface area contributed by atoms with Crippen LogP contribution in [0.5, 0.6) is 0 Å². The normalized spacial score (nSPS) is 11.8. The summed E-state index contributed by atoms with van der Waals surface area (Å²) in [5.41, 5.74) is 4.56. The van der Waals surface area contributed by atoms with Gasteiger partial charge in [-0.2, -0.15) is 21.9 Å². The summed E-state index contributed by atoms with van der Waals surface area (Å²) in [4.78, 5) is 0. The molecule has 67 heavy (non-hydrogen) atoms. The lowest BCUT2D eigenvalue weighted by molar-refractivity contribution is -0.910. The third kappa shape index (κ3) is 24.2. The van der Waals surface area contributed by atoms with Crippen molar-refractivity contribution >= 4 is 74.4 Å². The molecule has 0 saturated heterocycles. The first-order valence-corrected chi connectivity index (χ1v) is 29.2. The van der Waals surface area contributed by atoms with Gasteiger partial charge in [0, 0.05) is 20.1 Å². The lowest BCUT2D eigenvalue weighted by Crippen LogP contribution is -2.74. The minimum atomic E-state index is -1.51. The maximum absolute atomic E-state index is 6.22. The fraction of sp³-hybridized carbons (Fsp3) is 0.607. The molecule has 374 valence electrons. The molecule has 4 aromatic carbocycles. The molecule has 0 bridgehead atoms. The van der Waals surface area contributed by atoms with Crippen molar-refractivity contribution in [3.05, 3.63) is 117 Å². The van der Waals surface area contributed by atoms with E-state index in [2.05, 4.69) is 76.3 Å². The number of hydrogen-bond donors (Lipinski definition) is 0. The van der Waals surface area contributed by atoms with Crippen LogP contribution in [0.15, 0.2) is 97.1 Å². The molecule has 6 heteroatoms. The van der Waals surface area contributed by atoms with Gasteiger partial charge in [0.15, 0.2) is 0 Å². The van der Waals surface area contributed by atoms with E-state index in [-0.39, 0.29) is 0 Å². The van der Waals surface area contributed by atoms with Gasteiger partial charge in [0.25, 0.3) is 0 Å². The maximum atomic E-state index is 6.22. The molecule has 0 heterocycles. The van der Waals surface area contributed by atoms with Crippen LogP contribution in [0.25, 0.3) is 0 Å². The van der Waals surface area contributed by atoms with Gasteiger partial charge in [-0.15, -0.1) is 0 Å². The first-order chi connectivity index (χ1) is 32.7. The van der Waals surface area contributed by atoms with Gasteiger partial charge in [-0.25, -0.2) is 0 Å². The van der Waals surface area contributed by atoms with Crippen LogP contribution in [0.4, 0.5) is 0 Å². The number of halogens is 4. The zero-order chi connectivity index (χ0) is 48.3. The van der Waals surface area contributed by atoms with E-state index in [9.17, 15) is 0 Å². The summed E-state index contributed by atoms with van der Waals surface area (Å²) in [7, 11) is 2.61.